The molecule has 1 amide bonds. The summed E-state index contributed by atoms with van der Waals surface area (Å²) >= 11 is 0. The van der Waals surface area contributed by atoms with Crippen LogP contribution >= 0.6 is 0 Å². The van der Waals surface area contributed by atoms with Crippen LogP contribution in [-0.4, -0.2) is 16.9 Å². The number of rotatable bonds is 4. The molecule has 0 aromatic heterocycles. The molecule has 0 spiro atoms. The third kappa shape index (κ3) is 3.18. The fraction of sp³-hybridized carbons (Fsp3) is 0.417. The summed E-state index contributed by atoms with van der Waals surface area (Å²) in [5.41, 5.74) is 4.07. The number of nitro benzene ring substituents is 1. The molecule has 0 saturated carbocycles. The number of carbonyl (C=O) groups is 1. The molecule has 3 N–H and O–H groups in total. The molecule has 1 aromatic rings. The van der Waals surface area contributed by atoms with Crippen LogP contribution in [0.5, 0.6) is 0 Å². The molecule has 0 radical (unpaired) electrons. The Kier molecular flexibility index (Phi) is 4.42. The van der Waals surface area contributed by atoms with Crippen molar-refractivity contribution < 1.29 is 14.1 Å². The normalized spacial score (nSPS) is 12.3. The second-order valence-corrected chi connectivity index (χ2v) is 4.62. The van der Waals surface area contributed by atoms with Gasteiger partial charge in [-0.2, -0.15) is 0 Å². The van der Waals surface area contributed by atoms with Gasteiger partial charge in [0, 0.05) is 12.1 Å². The molecular weight excluding hydrogens is 253 g/mol. The molecule has 1 atom stereocenters. The molecule has 6 nitrogen and oxygen atoms in total. The van der Waals surface area contributed by atoms with Gasteiger partial charge in [-0.1, -0.05) is 13.8 Å². The van der Waals surface area contributed by atoms with E-state index in [4.69, 9.17) is 5.73 Å². The smallest absolute Gasteiger partial charge is 0.293 e. The Morgan fingerprint density at radius 1 is 1.42 bits per heavy atom. The Bertz CT molecular complexity index is 517. The van der Waals surface area contributed by atoms with Crippen molar-refractivity contribution in [3.8, 4) is 0 Å². The van der Waals surface area contributed by atoms with Gasteiger partial charge < -0.3 is 11.1 Å². The van der Waals surface area contributed by atoms with E-state index in [1.54, 1.807) is 6.92 Å². The lowest BCUT2D eigenvalue weighted by Crippen LogP contribution is -2.37. The van der Waals surface area contributed by atoms with E-state index in [1.807, 2.05) is 13.8 Å². The zero-order valence-corrected chi connectivity index (χ0v) is 10.9. The van der Waals surface area contributed by atoms with Gasteiger partial charge >= 0.3 is 0 Å². The van der Waals surface area contributed by atoms with E-state index in [9.17, 15) is 19.3 Å². The topological polar surface area (TPSA) is 98.3 Å². The van der Waals surface area contributed by atoms with Crippen molar-refractivity contribution in [2.45, 2.75) is 26.8 Å². The van der Waals surface area contributed by atoms with E-state index < -0.39 is 33.6 Å². The van der Waals surface area contributed by atoms with Gasteiger partial charge in [0.1, 0.15) is 17.1 Å². The number of halogens is 1. The molecule has 0 aliphatic rings. The van der Waals surface area contributed by atoms with Gasteiger partial charge in [0.15, 0.2) is 0 Å². The van der Waals surface area contributed by atoms with Gasteiger partial charge in [-0.3, -0.25) is 14.9 Å². The summed E-state index contributed by atoms with van der Waals surface area (Å²) in [4.78, 5) is 21.9. The third-order valence-corrected chi connectivity index (χ3v) is 2.95. The van der Waals surface area contributed by atoms with Gasteiger partial charge in [-0.05, 0) is 18.9 Å². The molecule has 7 heteroatoms. The van der Waals surface area contributed by atoms with Crippen LogP contribution in [0.3, 0.4) is 0 Å². The fourth-order valence-electron chi connectivity index (χ4n) is 1.42. The van der Waals surface area contributed by atoms with Crippen LogP contribution in [-0.2, 0) is 0 Å². The van der Waals surface area contributed by atoms with Crippen molar-refractivity contribution in [2.24, 2.45) is 5.92 Å². The summed E-state index contributed by atoms with van der Waals surface area (Å²) in [5, 5.41) is 13.3. The minimum atomic E-state index is -0.878. The summed E-state index contributed by atoms with van der Waals surface area (Å²) in [6.07, 6.45) is 0. The number of nitrogens with two attached hydrogens (primary N) is 1. The first kappa shape index (κ1) is 14.9. The van der Waals surface area contributed by atoms with E-state index >= 15 is 0 Å². The molecule has 104 valence electrons. The molecule has 0 heterocycles. The lowest BCUT2D eigenvalue weighted by molar-refractivity contribution is -0.384. The van der Waals surface area contributed by atoms with E-state index in [2.05, 4.69) is 5.32 Å². The third-order valence-electron chi connectivity index (χ3n) is 2.95. The second kappa shape index (κ2) is 5.64. The van der Waals surface area contributed by atoms with Crippen molar-refractivity contribution in [2.75, 3.05) is 5.73 Å². The quantitative estimate of drug-likeness (QED) is 0.496. The average molecular weight is 269 g/mol. The minimum Gasteiger partial charge on any atom is -0.392 e. The highest BCUT2D eigenvalue weighted by Gasteiger charge is 2.24. The molecule has 0 saturated heterocycles. The van der Waals surface area contributed by atoms with E-state index in [0.29, 0.717) is 0 Å². The van der Waals surface area contributed by atoms with Crippen molar-refractivity contribution in [3.63, 3.8) is 0 Å². The number of carbonyl (C=O) groups excluding carboxylic acids is 1. The number of nitro groups is 1. The SMILES string of the molecule is CC(C)C(C)NC(=O)c1c(F)ccc([N+](=O)[O-])c1N. The molecule has 1 unspecified atom stereocenters. The maximum absolute atomic E-state index is 13.6. The molecule has 0 aliphatic carbocycles. The number of nitrogens with zero attached hydrogens (tertiary/aromatic N) is 1. The molecule has 0 bridgehead atoms. The summed E-state index contributed by atoms with van der Waals surface area (Å²) in [7, 11) is 0. The maximum Gasteiger partial charge on any atom is 0.293 e. The Morgan fingerprint density at radius 3 is 2.47 bits per heavy atom. The summed E-state index contributed by atoms with van der Waals surface area (Å²) in [5.74, 6) is -1.48. The Morgan fingerprint density at radius 2 is 2.00 bits per heavy atom. The van der Waals surface area contributed by atoms with Crippen LogP contribution in [0.1, 0.15) is 31.1 Å². The lowest BCUT2D eigenvalue weighted by Gasteiger charge is -2.18. The van der Waals surface area contributed by atoms with Crippen LogP contribution in [0.25, 0.3) is 0 Å². The lowest BCUT2D eigenvalue weighted by atomic mass is 10.0. The van der Waals surface area contributed by atoms with Crippen LogP contribution < -0.4 is 11.1 Å². The van der Waals surface area contributed by atoms with Gasteiger partial charge in [-0.15, -0.1) is 0 Å². The van der Waals surface area contributed by atoms with Gasteiger partial charge in [0.05, 0.1) is 4.92 Å². The number of nitrogens with one attached hydrogen (secondary N) is 1. The molecule has 1 aromatic carbocycles. The predicted octanol–water partition coefficient (Wildman–Crippen LogP) is 2.09. The standard InChI is InChI=1S/C12H16FN3O3/c1-6(2)7(3)15-12(17)10-8(13)4-5-9(11(10)14)16(18)19/h4-7H,14H2,1-3H3,(H,15,17). The van der Waals surface area contributed by atoms with Crippen molar-refractivity contribution in [3.05, 3.63) is 33.6 Å². The zero-order chi connectivity index (χ0) is 14.7. The summed E-state index contributed by atoms with van der Waals surface area (Å²) < 4.78 is 13.6. The fourth-order valence-corrected chi connectivity index (χ4v) is 1.42. The van der Waals surface area contributed by atoms with Crippen molar-refractivity contribution in [1.82, 2.24) is 5.32 Å². The first-order chi connectivity index (χ1) is 8.75. The summed E-state index contributed by atoms with van der Waals surface area (Å²) in [6, 6.07) is 1.60. The first-order valence-electron chi connectivity index (χ1n) is 5.79. The van der Waals surface area contributed by atoms with Crippen LogP contribution in [0.4, 0.5) is 15.8 Å². The van der Waals surface area contributed by atoms with Crippen LogP contribution in [0.15, 0.2) is 12.1 Å². The Labute approximate surface area is 109 Å². The number of benzene rings is 1. The van der Waals surface area contributed by atoms with E-state index in [0.717, 1.165) is 12.1 Å². The monoisotopic (exact) mass is 269 g/mol. The van der Waals surface area contributed by atoms with Crippen molar-refractivity contribution >= 4 is 17.3 Å². The van der Waals surface area contributed by atoms with Crippen LogP contribution in [0.2, 0.25) is 0 Å². The second-order valence-electron chi connectivity index (χ2n) is 4.62. The van der Waals surface area contributed by atoms with Gasteiger partial charge in [-0.25, -0.2) is 4.39 Å². The molecule has 19 heavy (non-hydrogen) atoms. The molecular formula is C12H16FN3O3. The van der Waals surface area contributed by atoms with Gasteiger partial charge in [0.2, 0.25) is 0 Å². The minimum absolute atomic E-state index is 0.145. The highest BCUT2D eigenvalue weighted by molar-refractivity contribution is 6.01. The number of hydrogen-bond donors (Lipinski definition) is 2. The highest BCUT2D eigenvalue weighted by atomic mass is 19.1. The largest absolute Gasteiger partial charge is 0.392 e. The zero-order valence-electron chi connectivity index (χ0n) is 10.9. The van der Waals surface area contributed by atoms with E-state index in [1.165, 1.54) is 0 Å². The number of nitrogen functional groups attached to an aromatic ring is 1. The summed E-state index contributed by atoms with van der Waals surface area (Å²) in [6.45, 7) is 5.53. The Balaban J connectivity index is 3.16. The van der Waals surface area contributed by atoms with E-state index in [-0.39, 0.29) is 12.0 Å². The number of hydrogen-bond acceptors (Lipinski definition) is 4. The molecule has 0 aliphatic heterocycles. The predicted molar refractivity (Wildman–Crippen MR) is 69.2 cm³/mol. The van der Waals surface area contributed by atoms with Gasteiger partial charge in [0.25, 0.3) is 11.6 Å². The van der Waals surface area contributed by atoms with Crippen LogP contribution in [0, 0.1) is 21.8 Å². The Hall–Kier alpha value is -2.18. The molecule has 1 rings (SSSR count). The maximum atomic E-state index is 13.6. The highest BCUT2D eigenvalue weighted by Crippen LogP contribution is 2.27. The first-order valence-corrected chi connectivity index (χ1v) is 5.79. The molecule has 0 fully saturated rings. The average Bonchev–Trinajstić information content (AvgIpc) is 2.27. The van der Waals surface area contributed by atoms with Crippen molar-refractivity contribution in [1.29, 1.82) is 0 Å². The number of amides is 1. The number of anilines is 1.